The summed E-state index contributed by atoms with van der Waals surface area (Å²) in [5, 5.41) is 14.1. The van der Waals surface area contributed by atoms with Gasteiger partial charge in [-0.15, -0.1) is 0 Å². The molecule has 2 heterocycles. The van der Waals surface area contributed by atoms with Crippen LogP contribution in [0.2, 0.25) is 5.02 Å². The number of halogens is 1. The second-order valence-electron chi connectivity index (χ2n) is 6.21. The van der Waals surface area contributed by atoms with E-state index >= 15 is 0 Å². The number of nitrogens with one attached hydrogen (secondary N) is 1. The summed E-state index contributed by atoms with van der Waals surface area (Å²) in [4.78, 5) is 4.50. The molecule has 1 aromatic carbocycles. The third-order valence-corrected chi connectivity index (χ3v) is 5.00. The molecule has 0 bridgehead atoms. The van der Waals surface area contributed by atoms with Gasteiger partial charge in [0.2, 0.25) is 5.88 Å². The van der Waals surface area contributed by atoms with Crippen LogP contribution in [-0.4, -0.2) is 23.2 Å². The van der Waals surface area contributed by atoms with Gasteiger partial charge in [-0.1, -0.05) is 29.3 Å². The average Bonchev–Trinajstić information content (AvgIpc) is 2.72. The quantitative estimate of drug-likeness (QED) is 0.775. The van der Waals surface area contributed by atoms with E-state index in [1.54, 1.807) is 6.07 Å². The number of aromatic hydroxyl groups is 1. The molecular formula is C19H19ClN2O. The van der Waals surface area contributed by atoms with Gasteiger partial charge in [-0.05, 0) is 67.6 Å². The number of fused-ring (bicyclic) bond motifs is 2. The minimum atomic E-state index is 0.0909. The first-order valence-electron chi connectivity index (χ1n) is 8.13. The molecule has 0 spiro atoms. The van der Waals surface area contributed by atoms with Crippen LogP contribution in [0.15, 0.2) is 35.9 Å². The molecule has 4 rings (SSSR count). The van der Waals surface area contributed by atoms with E-state index in [-0.39, 0.29) is 5.88 Å². The Morgan fingerprint density at radius 3 is 2.57 bits per heavy atom. The summed E-state index contributed by atoms with van der Waals surface area (Å²) in [6.07, 6.45) is 3.91. The Labute approximate surface area is 141 Å². The van der Waals surface area contributed by atoms with E-state index < -0.39 is 0 Å². The van der Waals surface area contributed by atoms with Gasteiger partial charge in [0.15, 0.2) is 0 Å². The van der Waals surface area contributed by atoms with E-state index in [9.17, 15) is 5.11 Å². The summed E-state index contributed by atoms with van der Waals surface area (Å²) in [6, 6.07) is 9.84. The molecule has 23 heavy (non-hydrogen) atoms. The highest BCUT2D eigenvalue weighted by Crippen LogP contribution is 2.38. The van der Waals surface area contributed by atoms with E-state index in [2.05, 4.69) is 22.4 Å². The summed E-state index contributed by atoms with van der Waals surface area (Å²) in [5.41, 5.74) is 7.29. The SMILES string of the molecule is Oc1ccc2c(n1)C(=C1CCNCC1)c1ccc(Cl)cc1CC2. The number of aryl methyl sites for hydroxylation is 2. The molecule has 0 amide bonds. The summed E-state index contributed by atoms with van der Waals surface area (Å²) >= 11 is 6.22. The zero-order valence-electron chi connectivity index (χ0n) is 12.9. The number of hydrogen-bond acceptors (Lipinski definition) is 3. The van der Waals surface area contributed by atoms with Crippen molar-refractivity contribution < 1.29 is 5.11 Å². The maximum atomic E-state index is 9.92. The van der Waals surface area contributed by atoms with Crippen molar-refractivity contribution in [3.05, 3.63) is 63.3 Å². The fourth-order valence-electron chi connectivity index (χ4n) is 3.64. The minimum absolute atomic E-state index is 0.0909. The zero-order chi connectivity index (χ0) is 15.8. The first-order chi connectivity index (χ1) is 11.2. The van der Waals surface area contributed by atoms with E-state index in [1.807, 2.05) is 12.1 Å². The molecule has 2 aliphatic rings. The molecule has 2 aromatic rings. The van der Waals surface area contributed by atoms with Crippen LogP contribution in [-0.2, 0) is 12.8 Å². The fraction of sp³-hybridized carbons (Fsp3) is 0.316. The molecule has 1 aliphatic carbocycles. The number of rotatable bonds is 0. The monoisotopic (exact) mass is 326 g/mol. The fourth-order valence-corrected chi connectivity index (χ4v) is 3.84. The molecule has 0 atom stereocenters. The topological polar surface area (TPSA) is 45.2 Å². The Morgan fingerprint density at radius 1 is 0.957 bits per heavy atom. The number of benzene rings is 1. The standard InChI is InChI=1S/C19H19ClN2O/c20-15-4-5-16-14(11-15)2-1-13-3-6-17(23)22-19(13)18(16)12-7-9-21-10-8-12/h3-6,11,21H,1-2,7-10H2,(H,22,23). The predicted molar refractivity (Wildman–Crippen MR) is 92.9 cm³/mol. The number of piperidine rings is 1. The van der Waals surface area contributed by atoms with Crippen LogP contribution in [0.4, 0.5) is 0 Å². The molecule has 0 radical (unpaired) electrons. The summed E-state index contributed by atoms with van der Waals surface area (Å²) in [7, 11) is 0. The Hall–Kier alpha value is -1.84. The number of pyridine rings is 1. The molecule has 2 N–H and O–H groups in total. The lowest BCUT2D eigenvalue weighted by Gasteiger charge is -2.22. The van der Waals surface area contributed by atoms with Crippen molar-refractivity contribution in [3.63, 3.8) is 0 Å². The molecule has 3 nitrogen and oxygen atoms in total. The molecule has 118 valence electrons. The summed E-state index contributed by atoms with van der Waals surface area (Å²) in [6.45, 7) is 1.99. The molecule has 0 unspecified atom stereocenters. The summed E-state index contributed by atoms with van der Waals surface area (Å²) < 4.78 is 0. The maximum absolute atomic E-state index is 9.92. The van der Waals surface area contributed by atoms with Crippen molar-refractivity contribution in [1.29, 1.82) is 0 Å². The van der Waals surface area contributed by atoms with Gasteiger partial charge in [-0.25, -0.2) is 4.98 Å². The first-order valence-corrected chi connectivity index (χ1v) is 8.51. The second kappa shape index (κ2) is 5.99. The number of hydrogen-bond donors (Lipinski definition) is 2. The molecule has 1 saturated heterocycles. The normalized spacial score (nSPS) is 17.4. The van der Waals surface area contributed by atoms with Crippen molar-refractivity contribution in [2.75, 3.05) is 13.1 Å². The minimum Gasteiger partial charge on any atom is -0.493 e. The van der Waals surface area contributed by atoms with Gasteiger partial charge in [-0.2, -0.15) is 0 Å². The third-order valence-electron chi connectivity index (χ3n) is 4.76. The van der Waals surface area contributed by atoms with Gasteiger partial charge < -0.3 is 10.4 Å². The molecular weight excluding hydrogens is 308 g/mol. The zero-order valence-corrected chi connectivity index (χ0v) is 13.7. The highest BCUT2D eigenvalue weighted by molar-refractivity contribution is 6.30. The van der Waals surface area contributed by atoms with Crippen molar-refractivity contribution in [1.82, 2.24) is 10.3 Å². The highest BCUT2D eigenvalue weighted by atomic mass is 35.5. The Bertz CT molecular complexity index is 790. The lowest BCUT2D eigenvalue weighted by Crippen LogP contribution is -2.24. The largest absolute Gasteiger partial charge is 0.493 e. The number of aromatic nitrogens is 1. The summed E-state index contributed by atoms with van der Waals surface area (Å²) in [5.74, 6) is 0.0909. The van der Waals surface area contributed by atoms with E-state index in [4.69, 9.17) is 11.6 Å². The lowest BCUT2D eigenvalue weighted by molar-refractivity contribution is 0.452. The Balaban J connectivity index is 1.99. The van der Waals surface area contributed by atoms with Gasteiger partial charge in [0.25, 0.3) is 0 Å². The van der Waals surface area contributed by atoms with E-state index in [0.717, 1.165) is 49.5 Å². The van der Waals surface area contributed by atoms with Crippen molar-refractivity contribution in [2.45, 2.75) is 25.7 Å². The second-order valence-corrected chi connectivity index (χ2v) is 6.64. The van der Waals surface area contributed by atoms with Crippen LogP contribution in [0.1, 0.15) is 35.2 Å². The van der Waals surface area contributed by atoms with Gasteiger partial charge >= 0.3 is 0 Å². The molecule has 1 fully saturated rings. The van der Waals surface area contributed by atoms with Crippen LogP contribution in [0, 0.1) is 0 Å². The van der Waals surface area contributed by atoms with Crippen molar-refractivity contribution in [3.8, 4) is 5.88 Å². The molecule has 1 aromatic heterocycles. The van der Waals surface area contributed by atoms with Gasteiger partial charge in [0, 0.05) is 16.7 Å². The van der Waals surface area contributed by atoms with Crippen LogP contribution in [0.5, 0.6) is 5.88 Å². The van der Waals surface area contributed by atoms with Crippen molar-refractivity contribution >= 4 is 17.2 Å². The van der Waals surface area contributed by atoms with Crippen LogP contribution in [0.25, 0.3) is 5.57 Å². The van der Waals surface area contributed by atoms with Gasteiger partial charge in [0.05, 0.1) is 5.69 Å². The van der Waals surface area contributed by atoms with Gasteiger partial charge in [-0.3, -0.25) is 0 Å². The molecule has 4 heteroatoms. The van der Waals surface area contributed by atoms with Crippen LogP contribution < -0.4 is 5.32 Å². The van der Waals surface area contributed by atoms with E-state index in [0.29, 0.717) is 0 Å². The number of nitrogens with zero attached hydrogens (tertiary/aromatic N) is 1. The maximum Gasteiger partial charge on any atom is 0.211 e. The predicted octanol–water partition coefficient (Wildman–Crippen LogP) is 3.72. The highest BCUT2D eigenvalue weighted by Gasteiger charge is 2.24. The van der Waals surface area contributed by atoms with Crippen LogP contribution >= 0.6 is 11.6 Å². The first kappa shape index (κ1) is 14.7. The smallest absolute Gasteiger partial charge is 0.211 e. The van der Waals surface area contributed by atoms with Crippen molar-refractivity contribution in [2.24, 2.45) is 0 Å². The lowest BCUT2D eigenvalue weighted by atomic mass is 9.89. The van der Waals surface area contributed by atoms with Gasteiger partial charge in [0.1, 0.15) is 0 Å². The van der Waals surface area contributed by atoms with Crippen LogP contribution in [0.3, 0.4) is 0 Å². The van der Waals surface area contributed by atoms with E-state index in [1.165, 1.54) is 27.8 Å². The Morgan fingerprint density at radius 2 is 1.74 bits per heavy atom. The Kier molecular flexibility index (Phi) is 3.83. The average molecular weight is 327 g/mol. The third kappa shape index (κ3) is 2.75. The molecule has 0 saturated carbocycles. The molecule has 1 aliphatic heterocycles.